The van der Waals surface area contributed by atoms with Crippen molar-refractivity contribution in [2.45, 2.75) is 63.4 Å². The van der Waals surface area contributed by atoms with Gasteiger partial charge in [0, 0.05) is 6.54 Å². The highest BCUT2D eigenvalue weighted by Crippen LogP contribution is 2.14. The molecule has 1 saturated heterocycles. The molecule has 0 bridgehead atoms. The molecule has 1 heterocycles. The van der Waals surface area contributed by atoms with Gasteiger partial charge in [0.05, 0.1) is 4.90 Å². The first-order chi connectivity index (χ1) is 12.7. The van der Waals surface area contributed by atoms with E-state index in [0.717, 1.165) is 18.4 Å². The lowest BCUT2D eigenvalue weighted by atomic mass is 10.0. The maximum Gasteiger partial charge on any atom is 0.242 e. The summed E-state index contributed by atoms with van der Waals surface area (Å²) < 4.78 is 27.9. The van der Waals surface area contributed by atoms with Gasteiger partial charge in [-0.05, 0) is 50.7 Å². The molecule has 0 unspecified atom stereocenters. The SMILES string of the molecule is Cc1ccc(S(=O)(=O)N[C@@H](CC(C)C)C(=O)N[C@@H]2CCCCNC2=O)cc1. The fourth-order valence-corrected chi connectivity index (χ4v) is 4.21. The van der Waals surface area contributed by atoms with Crippen molar-refractivity contribution in [3.8, 4) is 0 Å². The minimum atomic E-state index is -3.84. The average Bonchev–Trinajstić information content (AvgIpc) is 2.78. The number of carbonyl (C=O) groups excluding carboxylic acids is 2. The van der Waals surface area contributed by atoms with Crippen molar-refractivity contribution in [3.05, 3.63) is 29.8 Å². The summed E-state index contributed by atoms with van der Waals surface area (Å²) in [6.45, 7) is 6.30. The highest BCUT2D eigenvalue weighted by Gasteiger charge is 2.30. The maximum absolute atomic E-state index is 12.7. The van der Waals surface area contributed by atoms with Crippen LogP contribution in [0.4, 0.5) is 0 Å². The minimum Gasteiger partial charge on any atom is -0.354 e. The summed E-state index contributed by atoms with van der Waals surface area (Å²) in [7, 11) is -3.84. The zero-order chi connectivity index (χ0) is 20.0. The van der Waals surface area contributed by atoms with E-state index in [2.05, 4.69) is 15.4 Å². The molecule has 150 valence electrons. The normalized spacial score (nSPS) is 19.3. The molecule has 0 spiro atoms. The highest BCUT2D eigenvalue weighted by atomic mass is 32.2. The molecule has 0 aromatic heterocycles. The minimum absolute atomic E-state index is 0.101. The molecule has 2 rings (SSSR count). The molecule has 1 aromatic rings. The fourth-order valence-electron chi connectivity index (χ4n) is 3.00. The zero-order valence-corrected chi connectivity index (χ0v) is 16.9. The molecule has 0 saturated carbocycles. The van der Waals surface area contributed by atoms with Crippen molar-refractivity contribution in [1.29, 1.82) is 0 Å². The van der Waals surface area contributed by atoms with Crippen LogP contribution in [0.2, 0.25) is 0 Å². The lowest BCUT2D eigenvalue weighted by molar-refractivity contribution is -0.129. The number of rotatable bonds is 7. The van der Waals surface area contributed by atoms with E-state index >= 15 is 0 Å². The highest BCUT2D eigenvalue weighted by molar-refractivity contribution is 7.89. The topological polar surface area (TPSA) is 104 Å². The molecule has 1 fully saturated rings. The first-order valence-electron chi connectivity index (χ1n) is 9.36. The Morgan fingerprint density at radius 2 is 1.89 bits per heavy atom. The van der Waals surface area contributed by atoms with Crippen molar-refractivity contribution in [1.82, 2.24) is 15.4 Å². The first-order valence-corrected chi connectivity index (χ1v) is 10.8. The molecular weight excluding hydrogens is 366 g/mol. The number of hydrogen-bond donors (Lipinski definition) is 3. The van der Waals surface area contributed by atoms with Gasteiger partial charge in [-0.15, -0.1) is 0 Å². The second kappa shape index (κ2) is 9.32. The van der Waals surface area contributed by atoms with Crippen LogP contribution in [0.25, 0.3) is 0 Å². The van der Waals surface area contributed by atoms with Crippen LogP contribution in [0.3, 0.4) is 0 Å². The maximum atomic E-state index is 12.7. The van der Waals surface area contributed by atoms with Crippen molar-refractivity contribution >= 4 is 21.8 Å². The van der Waals surface area contributed by atoms with Crippen LogP contribution in [0, 0.1) is 12.8 Å². The number of sulfonamides is 1. The molecule has 7 nitrogen and oxygen atoms in total. The van der Waals surface area contributed by atoms with Gasteiger partial charge in [0.25, 0.3) is 0 Å². The van der Waals surface area contributed by atoms with Crippen LogP contribution in [-0.2, 0) is 19.6 Å². The van der Waals surface area contributed by atoms with Gasteiger partial charge in [-0.25, -0.2) is 8.42 Å². The van der Waals surface area contributed by atoms with Crippen LogP contribution >= 0.6 is 0 Å². The molecular formula is C19H29N3O4S. The van der Waals surface area contributed by atoms with Crippen LogP contribution in [0.5, 0.6) is 0 Å². The first kappa shape index (κ1) is 21.4. The quantitative estimate of drug-likeness (QED) is 0.650. The van der Waals surface area contributed by atoms with Gasteiger partial charge in [-0.1, -0.05) is 31.5 Å². The summed E-state index contributed by atoms with van der Waals surface area (Å²) in [5.41, 5.74) is 0.949. The van der Waals surface area contributed by atoms with Gasteiger partial charge in [0.15, 0.2) is 0 Å². The molecule has 0 radical (unpaired) electrons. The Balaban J connectivity index is 2.14. The summed E-state index contributed by atoms with van der Waals surface area (Å²) in [6.07, 6.45) is 2.59. The van der Waals surface area contributed by atoms with Crippen LogP contribution in [0.15, 0.2) is 29.2 Å². The Labute approximate surface area is 161 Å². The van der Waals surface area contributed by atoms with Crippen molar-refractivity contribution in [3.63, 3.8) is 0 Å². The number of carbonyl (C=O) groups is 2. The summed E-state index contributed by atoms with van der Waals surface area (Å²) in [6, 6.07) is 4.89. The van der Waals surface area contributed by atoms with Crippen LogP contribution < -0.4 is 15.4 Å². The fraction of sp³-hybridized carbons (Fsp3) is 0.579. The predicted molar refractivity (Wildman–Crippen MR) is 104 cm³/mol. The Bertz CT molecular complexity index is 760. The molecule has 1 aromatic carbocycles. The van der Waals surface area contributed by atoms with Gasteiger partial charge in [-0.3, -0.25) is 9.59 Å². The van der Waals surface area contributed by atoms with Crippen molar-refractivity contribution in [2.75, 3.05) is 6.54 Å². The van der Waals surface area contributed by atoms with E-state index in [9.17, 15) is 18.0 Å². The molecule has 1 aliphatic heterocycles. The third-order valence-corrected chi connectivity index (χ3v) is 5.99. The van der Waals surface area contributed by atoms with E-state index in [-0.39, 0.29) is 16.7 Å². The second-order valence-electron chi connectivity index (χ2n) is 7.46. The summed E-state index contributed by atoms with van der Waals surface area (Å²) in [5, 5.41) is 5.49. The van der Waals surface area contributed by atoms with E-state index < -0.39 is 28.0 Å². The van der Waals surface area contributed by atoms with E-state index in [1.54, 1.807) is 12.1 Å². The van der Waals surface area contributed by atoms with Gasteiger partial charge in [0.2, 0.25) is 21.8 Å². The third-order valence-electron chi connectivity index (χ3n) is 4.50. The van der Waals surface area contributed by atoms with Crippen molar-refractivity contribution < 1.29 is 18.0 Å². The van der Waals surface area contributed by atoms with Gasteiger partial charge >= 0.3 is 0 Å². The van der Waals surface area contributed by atoms with E-state index in [1.165, 1.54) is 12.1 Å². The van der Waals surface area contributed by atoms with E-state index in [1.807, 2.05) is 20.8 Å². The number of nitrogens with one attached hydrogen (secondary N) is 3. The summed E-state index contributed by atoms with van der Waals surface area (Å²) in [4.78, 5) is 24.9. The smallest absolute Gasteiger partial charge is 0.242 e. The van der Waals surface area contributed by atoms with E-state index in [0.29, 0.717) is 19.4 Å². The zero-order valence-electron chi connectivity index (χ0n) is 16.1. The van der Waals surface area contributed by atoms with Gasteiger partial charge in [0.1, 0.15) is 12.1 Å². The number of aryl methyl sites for hydroxylation is 1. The predicted octanol–water partition coefficient (Wildman–Crippen LogP) is 1.47. The lowest BCUT2D eigenvalue weighted by Gasteiger charge is -2.23. The molecule has 3 N–H and O–H groups in total. The lowest BCUT2D eigenvalue weighted by Crippen LogP contribution is -2.53. The number of benzene rings is 1. The van der Waals surface area contributed by atoms with Crippen molar-refractivity contribution in [2.24, 2.45) is 5.92 Å². The summed E-state index contributed by atoms with van der Waals surface area (Å²) in [5.74, 6) is -0.587. The standard InChI is InChI=1S/C19H29N3O4S/c1-13(2)12-17(19(24)21-16-6-4-5-11-20-18(16)23)22-27(25,26)15-9-7-14(3)8-10-15/h7-10,13,16-17,22H,4-6,11-12H2,1-3H3,(H,20,23)(H,21,24)/t16-,17+/m1/s1. The summed E-state index contributed by atoms with van der Waals surface area (Å²) >= 11 is 0. The Morgan fingerprint density at radius 1 is 1.22 bits per heavy atom. The monoisotopic (exact) mass is 395 g/mol. The van der Waals surface area contributed by atoms with E-state index in [4.69, 9.17) is 0 Å². The third kappa shape index (κ3) is 6.32. The molecule has 27 heavy (non-hydrogen) atoms. The Hall–Kier alpha value is -1.93. The van der Waals surface area contributed by atoms with Crippen LogP contribution in [0.1, 0.15) is 45.1 Å². The molecule has 0 aliphatic carbocycles. The Kier molecular flexibility index (Phi) is 7.38. The number of amides is 2. The molecule has 2 atom stereocenters. The average molecular weight is 396 g/mol. The molecule has 2 amide bonds. The second-order valence-corrected chi connectivity index (χ2v) is 9.18. The number of hydrogen-bond acceptors (Lipinski definition) is 4. The largest absolute Gasteiger partial charge is 0.354 e. The van der Waals surface area contributed by atoms with Gasteiger partial charge in [-0.2, -0.15) is 4.72 Å². The van der Waals surface area contributed by atoms with Crippen LogP contribution in [-0.4, -0.2) is 38.9 Å². The molecule has 8 heteroatoms. The molecule has 1 aliphatic rings. The Morgan fingerprint density at radius 3 is 2.52 bits per heavy atom. The van der Waals surface area contributed by atoms with Gasteiger partial charge < -0.3 is 10.6 Å².